The molecule has 1 heterocycles. The maximum Gasteiger partial charge on any atom is 0.173 e. The summed E-state index contributed by atoms with van der Waals surface area (Å²) in [5, 5.41) is 0. The van der Waals surface area contributed by atoms with E-state index in [9.17, 15) is 0 Å². The SMILES string of the molecule is c1ccc([C@H]2OC3(CC[C@@H]4CC43)O[C@@H]2c2ccccc2)cc1. The minimum absolute atomic E-state index is 0.00273. The third-order valence-electron chi connectivity index (χ3n) is 5.54. The Bertz CT molecular complexity index is 619. The molecule has 1 unspecified atom stereocenters. The average Bonchev–Trinajstić information content (AvgIpc) is 3.18. The molecule has 22 heavy (non-hydrogen) atoms. The first-order chi connectivity index (χ1) is 10.9. The molecular weight excluding hydrogens is 272 g/mol. The number of benzene rings is 2. The third-order valence-corrected chi connectivity index (χ3v) is 5.54. The molecule has 1 saturated heterocycles. The van der Waals surface area contributed by atoms with Gasteiger partial charge in [-0.05, 0) is 29.9 Å². The standard InChI is InChI=1S/C20H20O2/c1-3-7-14(8-4-1)18-19(15-9-5-2-6-10-15)22-20(21-18)12-11-16-13-17(16)20/h1-10,16-19H,11-13H2/t16-,17?,18-,19-/m1/s1. The van der Waals surface area contributed by atoms with Gasteiger partial charge in [0.2, 0.25) is 0 Å². The minimum atomic E-state index is -0.328. The van der Waals surface area contributed by atoms with E-state index in [1.807, 2.05) is 0 Å². The first-order valence-electron chi connectivity index (χ1n) is 8.31. The van der Waals surface area contributed by atoms with Gasteiger partial charge >= 0.3 is 0 Å². The van der Waals surface area contributed by atoms with Gasteiger partial charge in [-0.25, -0.2) is 0 Å². The molecule has 5 rings (SSSR count). The van der Waals surface area contributed by atoms with Crippen molar-refractivity contribution in [1.29, 1.82) is 0 Å². The van der Waals surface area contributed by atoms with Crippen LogP contribution in [0, 0.1) is 11.8 Å². The second-order valence-electron chi connectivity index (χ2n) is 6.85. The first kappa shape index (κ1) is 12.9. The molecule has 0 bridgehead atoms. The summed E-state index contributed by atoms with van der Waals surface area (Å²) in [6.45, 7) is 0. The van der Waals surface area contributed by atoms with Crippen molar-refractivity contribution in [2.75, 3.05) is 0 Å². The van der Waals surface area contributed by atoms with Crippen molar-refractivity contribution in [3.8, 4) is 0 Å². The summed E-state index contributed by atoms with van der Waals surface area (Å²) in [4.78, 5) is 0. The number of ether oxygens (including phenoxy) is 2. The van der Waals surface area contributed by atoms with Crippen molar-refractivity contribution < 1.29 is 9.47 Å². The molecule has 2 heteroatoms. The molecule has 112 valence electrons. The fraction of sp³-hybridized carbons (Fsp3) is 0.400. The van der Waals surface area contributed by atoms with Crippen LogP contribution in [-0.4, -0.2) is 5.79 Å². The van der Waals surface area contributed by atoms with Gasteiger partial charge in [0.25, 0.3) is 0 Å². The van der Waals surface area contributed by atoms with Gasteiger partial charge in [0, 0.05) is 12.3 Å². The molecule has 0 radical (unpaired) electrons. The highest BCUT2D eigenvalue weighted by molar-refractivity contribution is 5.27. The Hall–Kier alpha value is -1.64. The van der Waals surface area contributed by atoms with E-state index >= 15 is 0 Å². The van der Waals surface area contributed by atoms with Crippen LogP contribution < -0.4 is 0 Å². The van der Waals surface area contributed by atoms with Crippen LogP contribution in [0.25, 0.3) is 0 Å². The van der Waals surface area contributed by atoms with Crippen LogP contribution in [-0.2, 0) is 9.47 Å². The van der Waals surface area contributed by atoms with E-state index in [2.05, 4.69) is 60.7 Å². The van der Waals surface area contributed by atoms with Gasteiger partial charge in [0.1, 0.15) is 12.2 Å². The van der Waals surface area contributed by atoms with Crippen molar-refractivity contribution >= 4 is 0 Å². The van der Waals surface area contributed by atoms with E-state index in [1.165, 1.54) is 24.0 Å². The van der Waals surface area contributed by atoms with Gasteiger partial charge < -0.3 is 9.47 Å². The first-order valence-corrected chi connectivity index (χ1v) is 8.31. The maximum atomic E-state index is 6.59. The van der Waals surface area contributed by atoms with Crippen LogP contribution in [0.1, 0.15) is 42.6 Å². The van der Waals surface area contributed by atoms with E-state index in [-0.39, 0.29) is 18.0 Å². The van der Waals surface area contributed by atoms with Gasteiger partial charge in [-0.1, -0.05) is 60.7 Å². The Labute approximate surface area is 131 Å². The highest BCUT2D eigenvalue weighted by atomic mass is 16.8. The molecule has 2 aliphatic carbocycles. The lowest BCUT2D eigenvalue weighted by molar-refractivity contribution is -0.186. The molecule has 4 atom stereocenters. The van der Waals surface area contributed by atoms with E-state index in [4.69, 9.17) is 9.47 Å². The largest absolute Gasteiger partial charge is 0.339 e. The van der Waals surface area contributed by atoms with E-state index in [1.54, 1.807) is 0 Å². The van der Waals surface area contributed by atoms with Gasteiger partial charge in [0.15, 0.2) is 5.79 Å². The predicted octanol–water partition coefficient (Wildman–Crippen LogP) is 4.64. The normalized spacial score (nSPS) is 34.7. The molecule has 1 spiro atoms. The van der Waals surface area contributed by atoms with Crippen molar-refractivity contribution in [3.05, 3.63) is 71.8 Å². The second kappa shape index (κ2) is 4.68. The van der Waals surface area contributed by atoms with Crippen LogP contribution in [0.3, 0.4) is 0 Å². The molecule has 1 aliphatic heterocycles. The van der Waals surface area contributed by atoms with Gasteiger partial charge in [-0.15, -0.1) is 0 Å². The maximum absolute atomic E-state index is 6.59. The molecule has 3 fully saturated rings. The smallest absolute Gasteiger partial charge is 0.173 e. The Kier molecular flexibility index (Phi) is 2.73. The lowest BCUT2D eigenvalue weighted by Gasteiger charge is -2.24. The topological polar surface area (TPSA) is 18.5 Å². The summed E-state index contributed by atoms with van der Waals surface area (Å²) < 4.78 is 13.2. The Morgan fingerprint density at radius 3 is 1.73 bits per heavy atom. The summed E-state index contributed by atoms with van der Waals surface area (Å²) in [7, 11) is 0. The Balaban J connectivity index is 1.55. The van der Waals surface area contributed by atoms with Crippen LogP contribution in [0.4, 0.5) is 0 Å². The summed E-state index contributed by atoms with van der Waals surface area (Å²) in [5.74, 6) is 1.13. The molecule has 0 N–H and O–H groups in total. The van der Waals surface area contributed by atoms with Crippen LogP contribution in [0.15, 0.2) is 60.7 Å². The number of hydrogen-bond acceptors (Lipinski definition) is 2. The molecular formula is C20H20O2. The molecule has 0 aromatic heterocycles. The molecule has 2 nitrogen and oxygen atoms in total. The predicted molar refractivity (Wildman–Crippen MR) is 84.1 cm³/mol. The van der Waals surface area contributed by atoms with Crippen LogP contribution in [0.2, 0.25) is 0 Å². The number of fused-ring (bicyclic) bond motifs is 2. The molecule has 0 amide bonds. The lowest BCUT2D eigenvalue weighted by atomic mass is 9.99. The van der Waals surface area contributed by atoms with Crippen LogP contribution in [0.5, 0.6) is 0 Å². The molecule has 2 aromatic carbocycles. The zero-order valence-electron chi connectivity index (χ0n) is 12.5. The molecule has 2 saturated carbocycles. The van der Waals surface area contributed by atoms with Gasteiger partial charge in [0.05, 0.1) is 0 Å². The van der Waals surface area contributed by atoms with Gasteiger partial charge in [-0.3, -0.25) is 0 Å². The Morgan fingerprint density at radius 2 is 1.32 bits per heavy atom. The molecule has 3 aliphatic rings. The van der Waals surface area contributed by atoms with Crippen molar-refractivity contribution in [2.24, 2.45) is 11.8 Å². The van der Waals surface area contributed by atoms with E-state index in [0.717, 1.165) is 12.3 Å². The summed E-state index contributed by atoms with van der Waals surface area (Å²) in [6.07, 6.45) is 3.59. The monoisotopic (exact) mass is 292 g/mol. The zero-order chi connectivity index (χ0) is 14.6. The quantitative estimate of drug-likeness (QED) is 0.802. The van der Waals surface area contributed by atoms with Gasteiger partial charge in [-0.2, -0.15) is 0 Å². The highest BCUT2D eigenvalue weighted by Crippen LogP contribution is 2.65. The molecule has 2 aromatic rings. The zero-order valence-corrected chi connectivity index (χ0v) is 12.5. The fourth-order valence-electron chi connectivity index (χ4n) is 4.32. The summed E-state index contributed by atoms with van der Waals surface area (Å²) in [6, 6.07) is 21.1. The van der Waals surface area contributed by atoms with Crippen LogP contribution >= 0.6 is 0 Å². The lowest BCUT2D eigenvalue weighted by Crippen LogP contribution is -2.30. The fourth-order valence-corrected chi connectivity index (χ4v) is 4.32. The highest BCUT2D eigenvalue weighted by Gasteiger charge is 2.65. The number of hydrogen-bond donors (Lipinski definition) is 0. The average molecular weight is 292 g/mol. The minimum Gasteiger partial charge on any atom is -0.339 e. The summed E-state index contributed by atoms with van der Waals surface area (Å²) >= 11 is 0. The number of rotatable bonds is 2. The summed E-state index contributed by atoms with van der Waals surface area (Å²) in [5.41, 5.74) is 2.44. The van der Waals surface area contributed by atoms with E-state index < -0.39 is 0 Å². The second-order valence-corrected chi connectivity index (χ2v) is 6.85. The van der Waals surface area contributed by atoms with Crippen molar-refractivity contribution in [1.82, 2.24) is 0 Å². The van der Waals surface area contributed by atoms with Crippen molar-refractivity contribution in [3.63, 3.8) is 0 Å². The van der Waals surface area contributed by atoms with Crippen molar-refractivity contribution in [2.45, 2.75) is 37.3 Å². The Morgan fingerprint density at radius 1 is 0.773 bits per heavy atom. The van der Waals surface area contributed by atoms with E-state index in [0.29, 0.717) is 5.92 Å². The third kappa shape index (κ3) is 1.87.